The van der Waals surface area contributed by atoms with Crippen LogP contribution >= 0.6 is 0 Å². The third-order valence-electron chi connectivity index (χ3n) is 5.39. The first-order chi connectivity index (χ1) is 14.9. The summed E-state index contributed by atoms with van der Waals surface area (Å²) in [6, 6.07) is 12.2. The van der Waals surface area contributed by atoms with Gasteiger partial charge in [-0.3, -0.25) is 14.5 Å². The number of amides is 2. The molecule has 0 saturated carbocycles. The van der Waals surface area contributed by atoms with E-state index in [9.17, 15) is 9.59 Å². The second kappa shape index (κ2) is 10.3. The van der Waals surface area contributed by atoms with E-state index < -0.39 is 0 Å². The van der Waals surface area contributed by atoms with Gasteiger partial charge in [-0.2, -0.15) is 0 Å². The maximum absolute atomic E-state index is 12.7. The average molecular weight is 426 g/mol. The van der Waals surface area contributed by atoms with Crippen molar-refractivity contribution in [3.8, 4) is 11.5 Å². The molecule has 3 rings (SSSR count). The summed E-state index contributed by atoms with van der Waals surface area (Å²) in [4.78, 5) is 27.4. The third kappa shape index (κ3) is 5.98. The number of piperidine rings is 1. The van der Waals surface area contributed by atoms with Gasteiger partial charge >= 0.3 is 0 Å². The molecule has 7 nitrogen and oxygen atoms in total. The smallest absolute Gasteiger partial charge is 0.255 e. The Morgan fingerprint density at radius 2 is 1.48 bits per heavy atom. The highest BCUT2D eigenvalue weighted by Gasteiger charge is 2.24. The van der Waals surface area contributed by atoms with Crippen molar-refractivity contribution < 1.29 is 19.1 Å². The van der Waals surface area contributed by atoms with E-state index in [1.807, 2.05) is 6.07 Å². The van der Waals surface area contributed by atoms with E-state index in [0.717, 1.165) is 13.1 Å². The quantitative estimate of drug-likeness (QED) is 0.704. The molecule has 7 heteroatoms. The van der Waals surface area contributed by atoms with Crippen LogP contribution in [0.5, 0.6) is 11.5 Å². The average Bonchev–Trinajstić information content (AvgIpc) is 2.74. The number of anilines is 2. The minimum atomic E-state index is -0.258. The summed E-state index contributed by atoms with van der Waals surface area (Å²) >= 11 is 0. The Hall–Kier alpha value is -3.06. The van der Waals surface area contributed by atoms with Gasteiger partial charge in [-0.05, 0) is 30.4 Å². The third-order valence-corrected chi connectivity index (χ3v) is 5.39. The summed E-state index contributed by atoms with van der Waals surface area (Å²) in [5.41, 5.74) is 1.50. The van der Waals surface area contributed by atoms with Gasteiger partial charge in [0.15, 0.2) is 0 Å². The van der Waals surface area contributed by atoms with Crippen molar-refractivity contribution in [3.63, 3.8) is 0 Å². The van der Waals surface area contributed by atoms with Gasteiger partial charge in [-0.15, -0.1) is 0 Å². The van der Waals surface area contributed by atoms with E-state index in [0.29, 0.717) is 46.8 Å². The number of carbonyl (C=O) groups is 2. The standard InChI is InChI=1S/C24H31N3O4/c1-16-10-17(2)14-27(13-16)15-23(28)25-19-11-22(31-4)20(12-21(19)30-3)26-24(29)18-8-6-5-7-9-18/h5-9,11-12,16-17H,10,13-15H2,1-4H3,(H,25,28)(H,26,29)/t16-,17+. The van der Waals surface area contributed by atoms with Crippen molar-refractivity contribution in [1.29, 1.82) is 0 Å². The van der Waals surface area contributed by atoms with Crippen LogP contribution in [0.4, 0.5) is 11.4 Å². The zero-order chi connectivity index (χ0) is 22.4. The van der Waals surface area contributed by atoms with Crippen LogP contribution in [0.2, 0.25) is 0 Å². The zero-order valence-corrected chi connectivity index (χ0v) is 18.6. The highest BCUT2D eigenvalue weighted by atomic mass is 16.5. The van der Waals surface area contributed by atoms with E-state index in [4.69, 9.17) is 9.47 Å². The summed E-state index contributed by atoms with van der Waals surface area (Å²) in [7, 11) is 3.04. The molecule has 2 atom stereocenters. The Balaban J connectivity index is 1.73. The van der Waals surface area contributed by atoms with Crippen molar-refractivity contribution in [1.82, 2.24) is 4.90 Å². The molecule has 0 unspecified atom stereocenters. The predicted molar refractivity (Wildman–Crippen MR) is 122 cm³/mol. The molecule has 1 aliphatic rings. The molecule has 166 valence electrons. The number of methoxy groups -OCH3 is 2. The maximum atomic E-state index is 12.7. The fourth-order valence-corrected chi connectivity index (χ4v) is 4.19. The summed E-state index contributed by atoms with van der Waals surface area (Å²) in [6.45, 7) is 6.60. The van der Waals surface area contributed by atoms with Crippen molar-refractivity contribution in [2.24, 2.45) is 11.8 Å². The van der Waals surface area contributed by atoms with Crippen LogP contribution in [0.3, 0.4) is 0 Å². The highest BCUT2D eigenvalue weighted by Crippen LogP contribution is 2.36. The summed E-state index contributed by atoms with van der Waals surface area (Å²) in [6.07, 6.45) is 1.19. The lowest BCUT2D eigenvalue weighted by Crippen LogP contribution is -2.42. The summed E-state index contributed by atoms with van der Waals surface area (Å²) < 4.78 is 10.9. The van der Waals surface area contributed by atoms with Crippen LogP contribution < -0.4 is 20.1 Å². The van der Waals surface area contributed by atoms with Gasteiger partial charge in [0.25, 0.3) is 5.91 Å². The molecule has 2 aromatic carbocycles. The van der Waals surface area contributed by atoms with E-state index in [2.05, 4.69) is 29.4 Å². The van der Waals surface area contributed by atoms with Crippen LogP contribution in [0, 0.1) is 11.8 Å². The van der Waals surface area contributed by atoms with Gasteiger partial charge in [0.2, 0.25) is 5.91 Å². The lowest BCUT2D eigenvalue weighted by Gasteiger charge is -2.34. The molecule has 1 heterocycles. The molecule has 0 bridgehead atoms. The molecule has 0 aromatic heterocycles. The molecule has 2 amide bonds. The SMILES string of the molecule is COc1cc(NC(=O)c2ccccc2)c(OC)cc1NC(=O)CN1C[C@H](C)C[C@H](C)C1. The summed E-state index contributed by atoms with van der Waals surface area (Å²) in [5, 5.41) is 5.77. The number of benzene rings is 2. The number of hydrogen-bond donors (Lipinski definition) is 2. The minimum absolute atomic E-state index is 0.109. The first kappa shape index (κ1) is 22.6. The normalized spacial score (nSPS) is 18.8. The Labute approximate surface area is 183 Å². The number of hydrogen-bond acceptors (Lipinski definition) is 5. The van der Waals surface area contributed by atoms with Crippen molar-refractivity contribution >= 4 is 23.2 Å². The Bertz CT molecular complexity index is 907. The van der Waals surface area contributed by atoms with E-state index in [1.54, 1.807) is 36.4 Å². The zero-order valence-electron chi connectivity index (χ0n) is 18.6. The fraction of sp³-hybridized carbons (Fsp3) is 0.417. The maximum Gasteiger partial charge on any atom is 0.255 e. The van der Waals surface area contributed by atoms with E-state index in [-0.39, 0.29) is 11.8 Å². The largest absolute Gasteiger partial charge is 0.494 e. The Kier molecular flexibility index (Phi) is 7.52. The number of rotatable bonds is 7. The number of carbonyl (C=O) groups excluding carboxylic acids is 2. The monoisotopic (exact) mass is 425 g/mol. The highest BCUT2D eigenvalue weighted by molar-refractivity contribution is 6.05. The van der Waals surface area contributed by atoms with Gasteiger partial charge in [-0.25, -0.2) is 0 Å². The molecule has 2 aromatic rings. The fourth-order valence-electron chi connectivity index (χ4n) is 4.19. The summed E-state index contributed by atoms with van der Waals surface area (Å²) in [5.74, 6) is 1.67. The topological polar surface area (TPSA) is 79.9 Å². The lowest BCUT2D eigenvalue weighted by atomic mass is 9.92. The molecular formula is C24H31N3O4. The van der Waals surface area contributed by atoms with Crippen LogP contribution in [-0.2, 0) is 4.79 Å². The van der Waals surface area contributed by atoms with Crippen molar-refractivity contribution in [2.75, 3.05) is 44.5 Å². The molecule has 0 aliphatic carbocycles. The van der Waals surface area contributed by atoms with Crippen LogP contribution in [0.15, 0.2) is 42.5 Å². The molecule has 0 spiro atoms. The predicted octanol–water partition coefficient (Wildman–Crippen LogP) is 3.87. The molecule has 31 heavy (non-hydrogen) atoms. The number of ether oxygens (including phenoxy) is 2. The lowest BCUT2D eigenvalue weighted by molar-refractivity contribution is -0.117. The van der Waals surface area contributed by atoms with Crippen LogP contribution in [0.25, 0.3) is 0 Å². The van der Waals surface area contributed by atoms with Crippen LogP contribution in [0.1, 0.15) is 30.6 Å². The minimum Gasteiger partial charge on any atom is -0.494 e. The molecular weight excluding hydrogens is 394 g/mol. The van der Waals surface area contributed by atoms with Gasteiger partial charge < -0.3 is 20.1 Å². The van der Waals surface area contributed by atoms with E-state index in [1.165, 1.54) is 20.6 Å². The van der Waals surface area contributed by atoms with Gasteiger partial charge in [0.1, 0.15) is 11.5 Å². The number of nitrogens with one attached hydrogen (secondary N) is 2. The molecule has 0 radical (unpaired) electrons. The molecule has 1 aliphatic heterocycles. The Morgan fingerprint density at radius 3 is 2.03 bits per heavy atom. The van der Waals surface area contributed by atoms with Crippen molar-refractivity contribution in [3.05, 3.63) is 48.0 Å². The molecule has 1 fully saturated rings. The second-order valence-electron chi connectivity index (χ2n) is 8.26. The van der Waals surface area contributed by atoms with Crippen LogP contribution in [-0.4, -0.2) is 50.6 Å². The van der Waals surface area contributed by atoms with Gasteiger partial charge in [0, 0.05) is 30.8 Å². The molecule has 1 saturated heterocycles. The number of likely N-dealkylation sites (tertiary alicyclic amines) is 1. The first-order valence-electron chi connectivity index (χ1n) is 10.5. The van der Waals surface area contributed by atoms with Crippen molar-refractivity contribution in [2.45, 2.75) is 20.3 Å². The van der Waals surface area contributed by atoms with Gasteiger partial charge in [-0.1, -0.05) is 32.0 Å². The number of nitrogens with zero attached hydrogens (tertiary/aromatic N) is 1. The Morgan fingerprint density at radius 1 is 0.935 bits per heavy atom. The second-order valence-corrected chi connectivity index (χ2v) is 8.26. The van der Waals surface area contributed by atoms with Gasteiger partial charge in [0.05, 0.1) is 32.1 Å². The van der Waals surface area contributed by atoms with E-state index >= 15 is 0 Å². The molecule has 2 N–H and O–H groups in total. The first-order valence-corrected chi connectivity index (χ1v) is 10.5.